The molecule has 0 spiro atoms. The SMILES string of the molecule is CCc1cc(C=O)ccc1OCc1ccc(C)cc1. The number of ether oxygens (including phenoxy) is 1. The van der Waals surface area contributed by atoms with Crippen molar-refractivity contribution in [2.75, 3.05) is 0 Å². The molecule has 0 saturated carbocycles. The molecule has 98 valence electrons. The number of hydrogen-bond acceptors (Lipinski definition) is 2. The van der Waals surface area contributed by atoms with E-state index < -0.39 is 0 Å². The lowest BCUT2D eigenvalue weighted by molar-refractivity contribution is 0.112. The van der Waals surface area contributed by atoms with E-state index in [1.54, 1.807) is 6.07 Å². The summed E-state index contributed by atoms with van der Waals surface area (Å²) in [7, 11) is 0. The van der Waals surface area contributed by atoms with Crippen LogP contribution in [0.5, 0.6) is 5.75 Å². The fraction of sp³-hybridized carbons (Fsp3) is 0.235. The normalized spacial score (nSPS) is 10.2. The van der Waals surface area contributed by atoms with E-state index in [-0.39, 0.29) is 0 Å². The van der Waals surface area contributed by atoms with Gasteiger partial charge in [0, 0.05) is 5.56 Å². The summed E-state index contributed by atoms with van der Waals surface area (Å²) in [5.74, 6) is 0.855. The van der Waals surface area contributed by atoms with Crippen molar-refractivity contribution < 1.29 is 9.53 Å². The van der Waals surface area contributed by atoms with Crippen molar-refractivity contribution in [1.82, 2.24) is 0 Å². The average Bonchev–Trinajstić information content (AvgIpc) is 2.46. The Kier molecular flexibility index (Phi) is 4.35. The quantitative estimate of drug-likeness (QED) is 0.755. The predicted octanol–water partition coefficient (Wildman–Crippen LogP) is 3.95. The number of hydrogen-bond donors (Lipinski definition) is 0. The fourth-order valence-electron chi connectivity index (χ4n) is 1.94. The Hall–Kier alpha value is -2.09. The second kappa shape index (κ2) is 6.19. The van der Waals surface area contributed by atoms with Gasteiger partial charge in [-0.25, -0.2) is 0 Å². The monoisotopic (exact) mass is 254 g/mol. The van der Waals surface area contributed by atoms with Crippen LogP contribution >= 0.6 is 0 Å². The van der Waals surface area contributed by atoms with E-state index in [0.29, 0.717) is 12.2 Å². The molecule has 2 aromatic rings. The highest BCUT2D eigenvalue weighted by Crippen LogP contribution is 2.21. The van der Waals surface area contributed by atoms with Gasteiger partial charge in [0.05, 0.1) is 0 Å². The Balaban J connectivity index is 2.10. The number of benzene rings is 2. The summed E-state index contributed by atoms with van der Waals surface area (Å²) in [5.41, 5.74) is 4.15. The van der Waals surface area contributed by atoms with E-state index in [1.165, 1.54) is 5.56 Å². The summed E-state index contributed by atoms with van der Waals surface area (Å²) < 4.78 is 5.84. The van der Waals surface area contributed by atoms with Gasteiger partial charge >= 0.3 is 0 Å². The van der Waals surface area contributed by atoms with Gasteiger partial charge < -0.3 is 4.74 Å². The lowest BCUT2D eigenvalue weighted by Crippen LogP contribution is -1.99. The molecule has 0 aliphatic heterocycles. The molecule has 2 rings (SSSR count). The molecule has 0 N–H and O–H groups in total. The molecule has 0 atom stereocenters. The maximum absolute atomic E-state index is 10.8. The fourth-order valence-corrected chi connectivity index (χ4v) is 1.94. The zero-order valence-electron chi connectivity index (χ0n) is 11.3. The molecule has 2 heteroatoms. The van der Waals surface area contributed by atoms with Crippen LogP contribution in [-0.2, 0) is 13.0 Å². The van der Waals surface area contributed by atoms with Gasteiger partial charge in [-0.05, 0) is 42.7 Å². The second-order valence-corrected chi connectivity index (χ2v) is 4.61. The van der Waals surface area contributed by atoms with Crippen molar-refractivity contribution in [3.05, 3.63) is 64.7 Å². The van der Waals surface area contributed by atoms with E-state index in [1.807, 2.05) is 12.1 Å². The lowest BCUT2D eigenvalue weighted by Gasteiger charge is -2.11. The van der Waals surface area contributed by atoms with Gasteiger partial charge in [0.2, 0.25) is 0 Å². The summed E-state index contributed by atoms with van der Waals surface area (Å²) in [5, 5.41) is 0. The van der Waals surface area contributed by atoms with Crippen LogP contribution in [0.2, 0.25) is 0 Å². The number of rotatable bonds is 5. The van der Waals surface area contributed by atoms with E-state index >= 15 is 0 Å². The van der Waals surface area contributed by atoms with E-state index in [0.717, 1.165) is 29.6 Å². The van der Waals surface area contributed by atoms with Crippen molar-refractivity contribution in [3.8, 4) is 5.75 Å². The largest absolute Gasteiger partial charge is 0.489 e. The highest BCUT2D eigenvalue weighted by molar-refractivity contribution is 5.75. The van der Waals surface area contributed by atoms with Crippen molar-refractivity contribution >= 4 is 6.29 Å². The molecule has 0 aliphatic rings. The van der Waals surface area contributed by atoms with E-state index in [4.69, 9.17) is 4.74 Å². The van der Waals surface area contributed by atoms with Crippen molar-refractivity contribution in [3.63, 3.8) is 0 Å². The van der Waals surface area contributed by atoms with Crippen molar-refractivity contribution in [2.24, 2.45) is 0 Å². The highest BCUT2D eigenvalue weighted by atomic mass is 16.5. The minimum atomic E-state index is 0.549. The first-order chi connectivity index (χ1) is 9.22. The molecule has 0 fully saturated rings. The van der Waals surface area contributed by atoms with Gasteiger partial charge in [-0.2, -0.15) is 0 Å². The Morgan fingerprint density at radius 3 is 2.47 bits per heavy atom. The van der Waals surface area contributed by atoms with Crippen LogP contribution in [0, 0.1) is 6.92 Å². The topological polar surface area (TPSA) is 26.3 Å². The second-order valence-electron chi connectivity index (χ2n) is 4.61. The zero-order chi connectivity index (χ0) is 13.7. The summed E-state index contributed by atoms with van der Waals surface area (Å²) in [6, 6.07) is 13.8. The van der Waals surface area contributed by atoms with Crippen molar-refractivity contribution in [1.29, 1.82) is 0 Å². The van der Waals surface area contributed by atoms with Gasteiger partial charge in [0.25, 0.3) is 0 Å². The average molecular weight is 254 g/mol. The van der Waals surface area contributed by atoms with Crippen LogP contribution in [0.3, 0.4) is 0 Å². The van der Waals surface area contributed by atoms with Gasteiger partial charge in [-0.15, -0.1) is 0 Å². The van der Waals surface area contributed by atoms with Crippen LogP contribution in [0.25, 0.3) is 0 Å². The first kappa shape index (κ1) is 13.3. The number of carbonyl (C=O) groups is 1. The summed E-state index contributed by atoms with van der Waals surface area (Å²) in [6.07, 6.45) is 1.72. The summed E-state index contributed by atoms with van der Waals surface area (Å²) in [4.78, 5) is 10.8. The predicted molar refractivity (Wildman–Crippen MR) is 76.7 cm³/mol. The third-order valence-corrected chi connectivity index (χ3v) is 3.12. The Morgan fingerprint density at radius 2 is 1.84 bits per heavy atom. The smallest absolute Gasteiger partial charge is 0.150 e. The Morgan fingerprint density at radius 1 is 1.11 bits per heavy atom. The molecule has 2 nitrogen and oxygen atoms in total. The summed E-state index contributed by atoms with van der Waals surface area (Å²) in [6.45, 7) is 4.67. The molecule has 0 bridgehead atoms. The number of carbonyl (C=O) groups excluding carboxylic acids is 1. The number of aryl methyl sites for hydroxylation is 2. The molecular weight excluding hydrogens is 236 g/mol. The zero-order valence-corrected chi connectivity index (χ0v) is 11.3. The summed E-state index contributed by atoms with van der Waals surface area (Å²) >= 11 is 0. The first-order valence-corrected chi connectivity index (χ1v) is 6.49. The molecular formula is C17H18O2. The first-order valence-electron chi connectivity index (χ1n) is 6.49. The van der Waals surface area contributed by atoms with Crippen LogP contribution < -0.4 is 4.74 Å². The van der Waals surface area contributed by atoms with Crippen LogP contribution in [0.4, 0.5) is 0 Å². The van der Waals surface area contributed by atoms with Gasteiger partial charge in [-0.3, -0.25) is 4.79 Å². The molecule has 0 heterocycles. The molecule has 0 aromatic heterocycles. The van der Waals surface area contributed by atoms with Crippen molar-refractivity contribution in [2.45, 2.75) is 26.9 Å². The highest BCUT2D eigenvalue weighted by Gasteiger charge is 2.04. The maximum Gasteiger partial charge on any atom is 0.150 e. The molecule has 2 aromatic carbocycles. The Labute approximate surface area is 114 Å². The van der Waals surface area contributed by atoms with E-state index in [9.17, 15) is 4.79 Å². The molecule has 19 heavy (non-hydrogen) atoms. The number of aldehydes is 1. The van der Waals surface area contributed by atoms with E-state index in [2.05, 4.69) is 38.1 Å². The van der Waals surface area contributed by atoms with Gasteiger partial charge in [0.1, 0.15) is 18.6 Å². The van der Waals surface area contributed by atoms with Gasteiger partial charge in [0.15, 0.2) is 0 Å². The van der Waals surface area contributed by atoms with Gasteiger partial charge in [-0.1, -0.05) is 36.8 Å². The van der Waals surface area contributed by atoms with Crippen LogP contribution in [0.1, 0.15) is 34.0 Å². The third-order valence-electron chi connectivity index (χ3n) is 3.12. The minimum absolute atomic E-state index is 0.549. The standard InChI is InChI=1S/C17H18O2/c1-3-16-10-15(11-18)8-9-17(16)19-12-14-6-4-13(2)5-7-14/h4-11H,3,12H2,1-2H3. The Bertz CT molecular complexity index is 556. The molecule has 0 unspecified atom stereocenters. The maximum atomic E-state index is 10.8. The molecule has 0 radical (unpaired) electrons. The third kappa shape index (κ3) is 3.44. The van der Waals surface area contributed by atoms with Crippen LogP contribution in [0.15, 0.2) is 42.5 Å². The molecule has 0 amide bonds. The molecule has 0 saturated heterocycles. The molecule has 0 aliphatic carbocycles. The lowest BCUT2D eigenvalue weighted by atomic mass is 10.1. The minimum Gasteiger partial charge on any atom is -0.489 e. The van der Waals surface area contributed by atoms with Crippen LogP contribution in [-0.4, -0.2) is 6.29 Å².